The Bertz CT molecular complexity index is 835. The van der Waals surface area contributed by atoms with Crippen molar-refractivity contribution in [2.45, 2.75) is 19.3 Å². The van der Waals surface area contributed by atoms with Crippen molar-refractivity contribution < 1.29 is 18.8 Å². The molecular weight excluding hydrogens is 398 g/mol. The zero-order valence-corrected chi connectivity index (χ0v) is 18.1. The Morgan fingerprint density at radius 3 is 2.81 bits per heavy atom. The highest BCUT2D eigenvalue weighted by Gasteiger charge is 2.28. The molecule has 0 unspecified atom stereocenters. The summed E-state index contributed by atoms with van der Waals surface area (Å²) in [5.41, 5.74) is 0.863. The van der Waals surface area contributed by atoms with E-state index in [2.05, 4.69) is 20.4 Å². The molecule has 1 atom stereocenters. The molecule has 9 heteroatoms. The zero-order valence-electron chi connectivity index (χ0n) is 18.1. The van der Waals surface area contributed by atoms with Crippen molar-refractivity contribution in [2.75, 3.05) is 64.5 Å². The summed E-state index contributed by atoms with van der Waals surface area (Å²) in [6.45, 7) is 6.68. The molecule has 0 radical (unpaired) electrons. The molecule has 0 aliphatic carbocycles. The number of nitrogens with one attached hydrogen (secondary N) is 1. The molecule has 2 aliphatic rings. The number of nitrogens with zero attached hydrogens (tertiary/aromatic N) is 4. The molecule has 9 nitrogen and oxygen atoms in total. The summed E-state index contributed by atoms with van der Waals surface area (Å²) in [5, 5.41) is 7.21. The van der Waals surface area contributed by atoms with Crippen LogP contribution >= 0.6 is 0 Å². The number of anilines is 1. The number of carbonyl (C=O) groups excluding carboxylic acids is 1. The van der Waals surface area contributed by atoms with Crippen LogP contribution in [-0.4, -0.2) is 80.5 Å². The summed E-state index contributed by atoms with van der Waals surface area (Å²) in [6.07, 6.45) is 2.76. The summed E-state index contributed by atoms with van der Waals surface area (Å²) in [7, 11) is 1.63. The number of carbonyl (C=O) groups is 1. The van der Waals surface area contributed by atoms with Crippen molar-refractivity contribution in [1.82, 2.24) is 20.4 Å². The predicted molar refractivity (Wildman–Crippen MR) is 116 cm³/mol. The Hall–Kier alpha value is -2.65. The van der Waals surface area contributed by atoms with E-state index < -0.39 is 0 Å². The minimum absolute atomic E-state index is 0.0616. The topological polar surface area (TPSA) is 93.0 Å². The fraction of sp³-hybridized carbons (Fsp3) is 0.591. The van der Waals surface area contributed by atoms with Crippen LogP contribution in [0.25, 0.3) is 11.4 Å². The fourth-order valence-electron chi connectivity index (χ4n) is 4.05. The maximum atomic E-state index is 12.7. The highest BCUT2D eigenvalue weighted by Crippen LogP contribution is 2.25. The van der Waals surface area contributed by atoms with Crippen LogP contribution in [-0.2, 0) is 9.53 Å². The van der Waals surface area contributed by atoms with Gasteiger partial charge < -0.3 is 24.2 Å². The number of benzene rings is 1. The smallest absolute Gasteiger partial charge is 0.324 e. The van der Waals surface area contributed by atoms with Crippen LogP contribution < -0.4 is 15.0 Å². The number of aromatic nitrogens is 2. The normalized spacial score (nSPS) is 19.9. The third-order valence-corrected chi connectivity index (χ3v) is 5.88. The first-order valence-corrected chi connectivity index (χ1v) is 11.0. The summed E-state index contributed by atoms with van der Waals surface area (Å²) >= 11 is 0. The first-order valence-electron chi connectivity index (χ1n) is 11.0. The second-order valence-corrected chi connectivity index (χ2v) is 8.01. The van der Waals surface area contributed by atoms with E-state index in [9.17, 15) is 4.79 Å². The van der Waals surface area contributed by atoms with Gasteiger partial charge in [-0.1, -0.05) is 5.16 Å². The SMILES string of the molecule is COc1ccc(-c2noc(N3CCC[C@@H](C(=O)NCCCN4CCOCC4)C3)n2)cc1. The van der Waals surface area contributed by atoms with Crippen LogP contribution in [0, 0.1) is 5.92 Å². The van der Waals surface area contributed by atoms with Gasteiger partial charge in [-0.05, 0) is 50.1 Å². The monoisotopic (exact) mass is 429 g/mol. The maximum Gasteiger partial charge on any atom is 0.324 e. The fourth-order valence-corrected chi connectivity index (χ4v) is 4.05. The van der Waals surface area contributed by atoms with Crippen LogP contribution in [0.1, 0.15) is 19.3 Å². The summed E-state index contributed by atoms with van der Waals surface area (Å²) < 4.78 is 16.1. The average Bonchev–Trinajstić information content (AvgIpc) is 3.33. The number of hydrogen-bond acceptors (Lipinski definition) is 8. The number of amides is 1. The number of rotatable bonds is 8. The van der Waals surface area contributed by atoms with Gasteiger partial charge in [0.2, 0.25) is 11.7 Å². The molecule has 1 N–H and O–H groups in total. The van der Waals surface area contributed by atoms with E-state index in [4.69, 9.17) is 14.0 Å². The lowest BCUT2D eigenvalue weighted by Crippen LogP contribution is -2.44. The van der Waals surface area contributed by atoms with Gasteiger partial charge in [-0.2, -0.15) is 4.98 Å². The van der Waals surface area contributed by atoms with E-state index >= 15 is 0 Å². The Kier molecular flexibility index (Phi) is 7.37. The van der Waals surface area contributed by atoms with Gasteiger partial charge in [0, 0.05) is 38.3 Å². The number of morpholine rings is 1. The van der Waals surface area contributed by atoms with Gasteiger partial charge in [-0.15, -0.1) is 0 Å². The molecule has 0 saturated carbocycles. The Morgan fingerprint density at radius 2 is 2.03 bits per heavy atom. The molecule has 2 saturated heterocycles. The number of ether oxygens (including phenoxy) is 2. The minimum atomic E-state index is -0.0616. The van der Waals surface area contributed by atoms with Crippen molar-refractivity contribution >= 4 is 11.9 Å². The summed E-state index contributed by atoms with van der Waals surface area (Å²) in [5.74, 6) is 1.37. The lowest BCUT2D eigenvalue weighted by atomic mass is 9.97. The van der Waals surface area contributed by atoms with Crippen molar-refractivity contribution in [3.8, 4) is 17.1 Å². The van der Waals surface area contributed by atoms with E-state index in [1.54, 1.807) is 7.11 Å². The molecule has 2 aromatic rings. The molecule has 0 spiro atoms. The Labute approximate surface area is 182 Å². The molecule has 1 amide bonds. The molecular formula is C22H31N5O4. The van der Waals surface area contributed by atoms with E-state index in [1.807, 2.05) is 29.2 Å². The van der Waals surface area contributed by atoms with E-state index in [1.165, 1.54) is 0 Å². The highest BCUT2D eigenvalue weighted by molar-refractivity contribution is 5.79. The largest absolute Gasteiger partial charge is 0.497 e. The number of piperidine rings is 1. The van der Waals surface area contributed by atoms with Crippen molar-refractivity contribution in [3.63, 3.8) is 0 Å². The lowest BCUT2D eigenvalue weighted by Gasteiger charge is -2.30. The standard InChI is InChI=1S/C22H31N5O4/c1-29-19-7-5-17(6-8-19)20-24-22(31-25-20)27-11-2-4-18(16-27)21(28)23-9-3-10-26-12-14-30-15-13-26/h5-8,18H,2-4,9-16H2,1H3,(H,23,28)/t18-/m1/s1. The Morgan fingerprint density at radius 1 is 1.23 bits per heavy atom. The quantitative estimate of drug-likeness (QED) is 0.635. The van der Waals surface area contributed by atoms with Gasteiger partial charge in [0.25, 0.3) is 0 Å². The summed E-state index contributed by atoms with van der Waals surface area (Å²) in [4.78, 5) is 21.6. The predicted octanol–water partition coefficient (Wildman–Crippen LogP) is 1.80. The molecule has 4 rings (SSSR count). The molecule has 31 heavy (non-hydrogen) atoms. The van der Waals surface area contributed by atoms with E-state index in [-0.39, 0.29) is 11.8 Å². The molecule has 1 aromatic heterocycles. The Balaban J connectivity index is 1.26. The van der Waals surface area contributed by atoms with Crippen LogP contribution in [0.4, 0.5) is 6.01 Å². The van der Waals surface area contributed by atoms with Gasteiger partial charge in [-0.25, -0.2) is 0 Å². The zero-order chi connectivity index (χ0) is 21.5. The van der Waals surface area contributed by atoms with Gasteiger partial charge in [0.15, 0.2) is 0 Å². The first kappa shape index (κ1) is 21.6. The number of hydrogen-bond donors (Lipinski definition) is 1. The molecule has 0 bridgehead atoms. The lowest BCUT2D eigenvalue weighted by molar-refractivity contribution is -0.125. The van der Waals surface area contributed by atoms with Gasteiger partial charge >= 0.3 is 6.01 Å². The molecule has 168 valence electrons. The van der Waals surface area contributed by atoms with Crippen LogP contribution in [0.15, 0.2) is 28.8 Å². The third-order valence-electron chi connectivity index (χ3n) is 5.88. The maximum absolute atomic E-state index is 12.7. The van der Waals surface area contributed by atoms with Crippen LogP contribution in [0.2, 0.25) is 0 Å². The minimum Gasteiger partial charge on any atom is -0.497 e. The van der Waals surface area contributed by atoms with E-state index in [0.717, 1.165) is 70.0 Å². The average molecular weight is 430 g/mol. The molecule has 2 fully saturated rings. The van der Waals surface area contributed by atoms with Crippen molar-refractivity contribution in [2.24, 2.45) is 5.92 Å². The van der Waals surface area contributed by atoms with Crippen molar-refractivity contribution in [3.05, 3.63) is 24.3 Å². The van der Waals surface area contributed by atoms with E-state index in [0.29, 0.717) is 24.9 Å². The van der Waals surface area contributed by atoms with Crippen molar-refractivity contribution in [1.29, 1.82) is 0 Å². The summed E-state index contributed by atoms with van der Waals surface area (Å²) in [6, 6.07) is 8.00. The van der Waals surface area contributed by atoms with Crippen LogP contribution in [0.3, 0.4) is 0 Å². The first-order chi connectivity index (χ1) is 15.2. The van der Waals surface area contributed by atoms with Gasteiger partial charge in [-0.3, -0.25) is 9.69 Å². The molecule has 2 aliphatic heterocycles. The number of methoxy groups -OCH3 is 1. The van der Waals surface area contributed by atoms with Gasteiger partial charge in [0.05, 0.1) is 26.2 Å². The second kappa shape index (κ2) is 10.6. The highest BCUT2D eigenvalue weighted by atomic mass is 16.5. The molecule has 1 aromatic carbocycles. The van der Waals surface area contributed by atoms with Gasteiger partial charge in [0.1, 0.15) is 5.75 Å². The molecule has 3 heterocycles. The second-order valence-electron chi connectivity index (χ2n) is 8.01. The van der Waals surface area contributed by atoms with Crippen LogP contribution in [0.5, 0.6) is 5.75 Å². The third kappa shape index (κ3) is 5.74.